The number of nitrogens with one attached hydrogen (secondary N) is 2. The molecule has 0 aliphatic carbocycles. The minimum atomic E-state index is -0.242. The van der Waals surface area contributed by atoms with Crippen molar-refractivity contribution in [3.63, 3.8) is 0 Å². The van der Waals surface area contributed by atoms with Crippen molar-refractivity contribution in [3.8, 4) is 11.1 Å². The smallest absolute Gasteiger partial charge is 0.276 e. The predicted molar refractivity (Wildman–Crippen MR) is 133 cm³/mol. The second-order valence-corrected chi connectivity index (χ2v) is 9.08. The van der Waals surface area contributed by atoms with Crippen molar-refractivity contribution in [1.82, 2.24) is 25.1 Å². The van der Waals surface area contributed by atoms with Crippen LogP contribution in [0.1, 0.15) is 35.4 Å². The number of anilines is 2. The van der Waals surface area contributed by atoms with Crippen molar-refractivity contribution >= 4 is 28.2 Å². The Labute approximate surface area is 198 Å². The van der Waals surface area contributed by atoms with Crippen LogP contribution in [0.25, 0.3) is 22.0 Å². The number of fused-ring (bicyclic) bond motifs is 1. The SMILES string of the molecule is O=C(Nc1ccnc(CN2CCC2)c1)c1n[nH]c2ccc(-c3cncc(N4CCCC4)c3)cc12. The minimum absolute atomic E-state index is 0.242. The fourth-order valence-corrected chi connectivity index (χ4v) is 4.70. The van der Waals surface area contributed by atoms with E-state index in [0.717, 1.165) is 71.8 Å². The first-order chi connectivity index (χ1) is 16.7. The lowest BCUT2D eigenvalue weighted by Crippen LogP contribution is -2.36. The molecule has 0 unspecified atom stereocenters. The minimum Gasteiger partial charge on any atom is -0.370 e. The number of amides is 1. The van der Waals surface area contributed by atoms with E-state index in [9.17, 15) is 4.79 Å². The lowest BCUT2D eigenvalue weighted by atomic mass is 10.0. The third-order valence-electron chi connectivity index (χ3n) is 6.72. The zero-order valence-corrected chi connectivity index (χ0v) is 19.0. The van der Waals surface area contributed by atoms with Crippen molar-refractivity contribution in [2.45, 2.75) is 25.8 Å². The number of aromatic amines is 1. The van der Waals surface area contributed by atoms with Gasteiger partial charge in [-0.25, -0.2) is 0 Å². The van der Waals surface area contributed by atoms with Gasteiger partial charge in [-0.3, -0.25) is 24.8 Å². The van der Waals surface area contributed by atoms with Gasteiger partial charge in [-0.05, 0) is 68.2 Å². The summed E-state index contributed by atoms with van der Waals surface area (Å²) in [5.41, 5.74) is 6.07. The molecular weight excluding hydrogens is 426 g/mol. The summed E-state index contributed by atoms with van der Waals surface area (Å²) in [4.78, 5) is 26.7. The second kappa shape index (κ2) is 8.87. The number of carbonyl (C=O) groups excluding carboxylic acids is 1. The van der Waals surface area contributed by atoms with Crippen LogP contribution in [0, 0.1) is 0 Å². The first-order valence-corrected chi connectivity index (χ1v) is 11.9. The van der Waals surface area contributed by atoms with E-state index in [0.29, 0.717) is 5.69 Å². The van der Waals surface area contributed by atoms with Gasteiger partial charge in [0.2, 0.25) is 0 Å². The van der Waals surface area contributed by atoms with Crippen LogP contribution in [0.3, 0.4) is 0 Å². The molecule has 1 amide bonds. The normalized spacial score (nSPS) is 16.1. The summed E-state index contributed by atoms with van der Waals surface area (Å²) in [6.45, 7) is 5.17. The van der Waals surface area contributed by atoms with Gasteiger partial charge in [0, 0.05) is 48.7 Å². The van der Waals surface area contributed by atoms with Gasteiger partial charge in [0.05, 0.1) is 23.1 Å². The monoisotopic (exact) mass is 453 g/mol. The molecule has 1 aromatic carbocycles. The molecule has 4 aromatic rings. The maximum absolute atomic E-state index is 13.1. The number of carbonyl (C=O) groups is 1. The molecule has 0 atom stereocenters. The Hall–Kier alpha value is -3.78. The van der Waals surface area contributed by atoms with Crippen LogP contribution >= 0.6 is 0 Å². The molecule has 0 spiro atoms. The Morgan fingerprint density at radius 1 is 0.971 bits per heavy atom. The number of H-pyrrole nitrogens is 1. The number of rotatable bonds is 6. The number of nitrogens with zero attached hydrogens (tertiary/aromatic N) is 5. The summed E-state index contributed by atoms with van der Waals surface area (Å²) in [5.74, 6) is -0.242. The van der Waals surface area contributed by atoms with Crippen LogP contribution in [-0.2, 0) is 6.54 Å². The van der Waals surface area contributed by atoms with E-state index in [1.807, 2.05) is 42.7 Å². The van der Waals surface area contributed by atoms with Crippen LogP contribution in [-0.4, -0.2) is 57.2 Å². The van der Waals surface area contributed by atoms with Gasteiger partial charge in [0.25, 0.3) is 5.91 Å². The maximum Gasteiger partial charge on any atom is 0.276 e. The standard InChI is InChI=1S/C26H27N7O/c34-26(29-20-6-7-28-21(14-20)17-32-8-3-9-32)25-23-13-18(4-5-24(23)30-31-25)19-12-22(16-27-15-19)33-10-1-2-11-33/h4-7,12-16H,1-3,8-11,17H2,(H,30,31)(H,28,29,34). The molecule has 8 nitrogen and oxygen atoms in total. The van der Waals surface area contributed by atoms with Crippen LogP contribution in [0.2, 0.25) is 0 Å². The molecule has 0 bridgehead atoms. The van der Waals surface area contributed by atoms with Gasteiger partial charge in [-0.1, -0.05) is 6.07 Å². The van der Waals surface area contributed by atoms with Gasteiger partial charge in [-0.2, -0.15) is 5.10 Å². The van der Waals surface area contributed by atoms with E-state index < -0.39 is 0 Å². The number of hydrogen-bond acceptors (Lipinski definition) is 6. The molecule has 34 heavy (non-hydrogen) atoms. The van der Waals surface area contributed by atoms with Gasteiger partial charge in [0.1, 0.15) is 0 Å². The molecular formula is C26H27N7O. The van der Waals surface area contributed by atoms with E-state index >= 15 is 0 Å². The van der Waals surface area contributed by atoms with Crippen molar-refractivity contribution in [1.29, 1.82) is 0 Å². The highest BCUT2D eigenvalue weighted by molar-refractivity contribution is 6.11. The van der Waals surface area contributed by atoms with E-state index in [4.69, 9.17) is 0 Å². The zero-order chi connectivity index (χ0) is 22.9. The lowest BCUT2D eigenvalue weighted by molar-refractivity contribution is 0.102. The topological polar surface area (TPSA) is 90.0 Å². The third kappa shape index (κ3) is 4.12. The highest BCUT2D eigenvalue weighted by Crippen LogP contribution is 2.29. The third-order valence-corrected chi connectivity index (χ3v) is 6.72. The van der Waals surface area contributed by atoms with Crippen LogP contribution in [0.15, 0.2) is 55.0 Å². The number of pyridine rings is 2. The summed E-state index contributed by atoms with van der Waals surface area (Å²) in [6, 6.07) is 11.9. The van der Waals surface area contributed by atoms with Gasteiger partial charge in [-0.15, -0.1) is 0 Å². The molecule has 2 aliphatic heterocycles. The van der Waals surface area contributed by atoms with E-state index in [1.54, 1.807) is 6.20 Å². The van der Waals surface area contributed by atoms with Crippen LogP contribution in [0.4, 0.5) is 11.4 Å². The highest BCUT2D eigenvalue weighted by Gasteiger charge is 2.18. The Morgan fingerprint density at radius 3 is 2.68 bits per heavy atom. The highest BCUT2D eigenvalue weighted by atomic mass is 16.1. The lowest BCUT2D eigenvalue weighted by Gasteiger charge is -2.30. The van der Waals surface area contributed by atoms with E-state index in [1.165, 1.54) is 19.3 Å². The Kier molecular flexibility index (Phi) is 5.43. The largest absolute Gasteiger partial charge is 0.370 e. The Bertz CT molecular complexity index is 1340. The summed E-state index contributed by atoms with van der Waals surface area (Å²) in [5, 5.41) is 11.1. The van der Waals surface area contributed by atoms with Crippen molar-refractivity contribution in [3.05, 3.63) is 66.4 Å². The molecule has 6 rings (SSSR count). The first kappa shape index (κ1) is 20.8. The number of hydrogen-bond donors (Lipinski definition) is 2. The zero-order valence-electron chi connectivity index (χ0n) is 19.0. The molecule has 5 heterocycles. The van der Waals surface area contributed by atoms with Gasteiger partial charge >= 0.3 is 0 Å². The summed E-state index contributed by atoms with van der Waals surface area (Å²) < 4.78 is 0. The Morgan fingerprint density at radius 2 is 1.85 bits per heavy atom. The summed E-state index contributed by atoms with van der Waals surface area (Å²) in [7, 11) is 0. The number of likely N-dealkylation sites (tertiary alicyclic amines) is 1. The van der Waals surface area contributed by atoms with E-state index in [2.05, 4.69) is 41.3 Å². The fourth-order valence-electron chi connectivity index (χ4n) is 4.70. The second-order valence-electron chi connectivity index (χ2n) is 9.08. The van der Waals surface area contributed by atoms with Crippen molar-refractivity contribution in [2.75, 3.05) is 36.4 Å². The molecule has 2 N–H and O–H groups in total. The molecule has 2 saturated heterocycles. The van der Waals surface area contributed by atoms with Crippen molar-refractivity contribution < 1.29 is 4.79 Å². The maximum atomic E-state index is 13.1. The van der Waals surface area contributed by atoms with Crippen molar-refractivity contribution in [2.24, 2.45) is 0 Å². The van der Waals surface area contributed by atoms with Gasteiger partial charge < -0.3 is 10.2 Å². The average molecular weight is 454 g/mol. The summed E-state index contributed by atoms with van der Waals surface area (Å²) in [6.07, 6.45) is 9.23. The Balaban J connectivity index is 1.25. The fraction of sp³-hybridized carbons (Fsp3) is 0.308. The van der Waals surface area contributed by atoms with E-state index in [-0.39, 0.29) is 5.91 Å². The number of benzene rings is 1. The quantitative estimate of drug-likeness (QED) is 0.457. The first-order valence-electron chi connectivity index (χ1n) is 11.9. The molecule has 3 aromatic heterocycles. The number of aromatic nitrogens is 4. The molecule has 0 radical (unpaired) electrons. The average Bonchev–Trinajstić information content (AvgIpc) is 3.52. The van der Waals surface area contributed by atoms with Gasteiger partial charge in [0.15, 0.2) is 5.69 Å². The van der Waals surface area contributed by atoms with Crippen LogP contribution in [0.5, 0.6) is 0 Å². The molecule has 8 heteroatoms. The summed E-state index contributed by atoms with van der Waals surface area (Å²) >= 11 is 0. The predicted octanol–water partition coefficient (Wildman–Crippen LogP) is 4.08. The molecule has 172 valence electrons. The van der Waals surface area contributed by atoms with Crippen LogP contribution < -0.4 is 10.2 Å². The molecule has 2 aliphatic rings. The molecule has 0 saturated carbocycles. The molecule has 2 fully saturated rings.